The first-order valence-corrected chi connectivity index (χ1v) is 14.8. The number of aryl methyl sites for hydroxylation is 1. The predicted octanol–water partition coefficient (Wildman–Crippen LogP) is 6.89. The van der Waals surface area contributed by atoms with Crippen LogP contribution in [-0.2, 0) is 20.2 Å². The summed E-state index contributed by atoms with van der Waals surface area (Å²) in [7, 11) is 5.95. The molecule has 2 atom stereocenters. The first-order chi connectivity index (χ1) is 16.8. The van der Waals surface area contributed by atoms with Gasteiger partial charge in [-0.05, 0) is 30.5 Å². The third-order valence-corrected chi connectivity index (χ3v) is 6.84. The Balaban J connectivity index is 2.17. The van der Waals surface area contributed by atoms with Gasteiger partial charge in [0.05, 0.1) is 27.7 Å². The maximum absolute atomic E-state index is 9.93. The van der Waals surface area contributed by atoms with Crippen molar-refractivity contribution >= 4 is 8.60 Å². The number of quaternary nitrogens is 1. The molecule has 0 aliphatic rings. The van der Waals surface area contributed by atoms with Crippen LogP contribution in [-0.4, -0.2) is 70.1 Å². The molecule has 7 heteroatoms. The van der Waals surface area contributed by atoms with E-state index < -0.39 is 8.60 Å². The SMILES string of the molecule is CCCCCCCCCCCCCc1cccc(OCC(COP(O)OCC[N+](C)(C)C)OC)c1. The van der Waals surface area contributed by atoms with E-state index in [2.05, 4.69) is 46.3 Å². The second kappa shape index (κ2) is 20.3. The minimum atomic E-state index is -1.91. The molecule has 35 heavy (non-hydrogen) atoms. The van der Waals surface area contributed by atoms with Crippen molar-refractivity contribution in [2.75, 3.05) is 54.6 Å². The molecule has 1 aromatic rings. The van der Waals surface area contributed by atoms with E-state index in [0.717, 1.165) is 23.2 Å². The molecule has 0 spiro atoms. The lowest BCUT2D eigenvalue weighted by molar-refractivity contribution is -0.870. The van der Waals surface area contributed by atoms with Gasteiger partial charge in [-0.25, -0.2) is 0 Å². The molecule has 0 saturated carbocycles. The van der Waals surface area contributed by atoms with Crippen molar-refractivity contribution in [1.29, 1.82) is 0 Å². The maximum atomic E-state index is 9.93. The van der Waals surface area contributed by atoms with Gasteiger partial charge in [-0.15, -0.1) is 0 Å². The zero-order valence-corrected chi connectivity index (χ0v) is 24.1. The summed E-state index contributed by atoms with van der Waals surface area (Å²) >= 11 is 0. The van der Waals surface area contributed by atoms with Gasteiger partial charge in [0.25, 0.3) is 0 Å². The largest absolute Gasteiger partial charge is 0.491 e. The summed E-state index contributed by atoms with van der Waals surface area (Å²) in [6.07, 6.45) is 15.8. The number of ether oxygens (including phenoxy) is 2. The van der Waals surface area contributed by atoms with Gasteiger partial charge in [-0.2, -0.15) is 0 Å². The lowest BCUT2D eigenvalue weighted by Crippen LogP contribution is -2.37. The quantitative estimate of drug-likeness (QED) is 0.0979. The van der Waals surface area contributed by atoms with Gasteiger partial charge in [-0.3, -0.25) is 0 Å². The third kappa shape index (κ3) is 19.1. The molecular formula is C28H53NO5P+. The molecule has 2 unspecified atom stereocenters. The lowest BCUT2D eigenvalue weighted by Gasteiger charge is -2.24. The summed E-state index contributed by atoms with van der Waals surface area (Å²) in [6, 6.07) is 8.32. The molecule has 0 aromatic heterocycles. The Morgan fingerprint density at radius 1 is 0.857 bits per heavy atom. The number of hydrogen-bond acceptors (Lipinski definition) is 5. The lowest BCUT2D eigenvalue weighted by atomic mass is 10.0. The Bertz CT molecular complexity index is 626. The van der Waals surface area contributed by atoms with Crippen molar-refractivity contribution < 1.29 is 27.9 Å². The summed E-state index contributed by atoms with van der Waals surface area (Å²) in [5.41, 5.74) is 1.31. The van der Waals surface area contributed by atoms with E-state index in [4.69, 9.17) is 18.5 Å². The highest BCUT2D eigenvalue weighted by atomic mass is 31.2. The van der Waals surface area contributed by atoms with E-state index in [-0.39, 0.29) is 12.7 Å². The Labute approximate surface area is 216 Å². The van der Waals surface area contributed by atoms with Crippen molar-refractivity contribution in [2.24, 2.45) is 0 Å². The molecule has 1 rings (SSSR count). The number of rotatable bonds is 23. The number of benzene rings is 1. The molecule has 0 heterocycles. The Kier molecular flexibility index (Phi) is 18.7. The zero-order chi connectivity index (χ0) is 25.8. The van der Waals surface area contributed by atoms with Crippen LogP contribution in [0.5, 0.6) is 5.75 Å². The number of likely N-dealkylation sites (N-methyl/N-ethyl adjacent to an activating group) is 1. The van der Waals surface area contributed by atoms with Gasteiger partial charge >= 0.3 is 8.60 Å². The summed E-state index contributed by atoms with van der Waals surface area (Å²) in [5.74, 6) is 0.845. The molecule has 6 nitrogen and oxygen atoms in total. The molecule has 1 aromatic carbocycles. The predicted molar refractivity (Wildman–Crippen MR) is 147 cm³/mol. The van der Waals surface area contributed by atoms with Crippen molar-refractivity contribution in [1.82, 2.24) is 0 Å². The Morgan fingerprint density at radius 2 is 1.49 bits per heavy atom. The van der Waals surface area contributed by atoms with Crippen LogP contribution < -0.4 is 4.74 Å². The van der Waals surface area contributed by atoms with Gasteiger partial charge < -0.3 is 27.9 Å². The van der Waals surface area contributed by atoms with Crippen molar-refractivity contribution in [3.05, 3.63) is 29.8 Å². The van der Waals surface area contributed by atoms with Crippen molar-refractivity contribution in [3.8, 4) is 5.75 Å². The fourth-order valence-electron chi connectivity index (χ4n) is 3.73. The number of methoxy groups -OCH3 is 1. The van der Waals surface area contributed by atoms with Gasteiger partial charge in [0.2, 0.25) is 0 Å². The highest BCUT2D eigenvalue weighted by Crippen LogP contribution is 2.32. The van der Waals surface area contributed by atoms with Gasteiger partial charge in [-0.1, -0.05) is 83.3 Å². The van der Waals surface area contributed by atoms with Crippen LogP contribution in [0.1, 0.15) is 83.1 Å². The summed E-state index contributed by atoms with van der Waals surface area (Å²) in [5, 5.41) is 0. The van der Waals surface area contributed by atoms with E-state index in [1.807, 2.05) is 6.07 Å². The number of hydrogen-bond donors (Lipinski definition) is 1. The fraction of sp³-hybridized carbons (Fsp3) is 0.786. The van der Waals surface area contributed by atoms with Crippen molar-refractivity contribution in [3.63, 3.8) is 0 Å². The molecule has 0 fully saturated rings. The highest BCUT2D eigenvalue weighted by Gasteiger charge is 2.16. The first-order valence-electron chi connectivity index (χ1n) is 13.6. The minimum Gasteiger partial charge on any atom is -0.491 e. The van der Waals surface area contributed by atoms with Crippen LogP contribution in [0.15, 0.2) is 24.3 Å². The molecule has 0 saturated heterocycles. The Morgan fingerprint density at radius 3 is 2.09 bits per heavy atom. The molecule has 204 valence electrons. The minimum absolute atomic E-state index is 0.224. The van der Waals surface area contributed by atoms with E-state index in [1.54, 1.807) is 7.11 Å². The topological polar surface area (TPSA) is 57.2 Å². The molecule has 0 amide bonds. The van der Waals surface area contributed by atoms with E-state index in [9.17, 15) is 4.89 Å². The smallest absolute Gasteiger partial charge is 0.330 e. The highest BCUT2D eigenvalue weighted by molar-refractivity contribution is 7.40. The summed E-state index contributed by atoms with van der Waals surface area (Å²) in [6.45, 7) is 4.11. The van der Waals surface area contributed by atoms with Crippen LogP contribution in [0.25, 0.3) is 0 Å². The third-order valence-electron chi connectivity index (χ3n) is 6.07. The average molecular weight is 515 g/mol. The van der Waals surface area contributed by atoms with Gasteiger partial charge in [0, 0.05) is 7.11 Å². The van der Waals surface area contributed by atoms with Crippen LogP contribution in [0.2, 0.25) is 0 Å². The van der Waals surface area contributed by atoms with Crippen LogP contribution in [0.4, 0.5) is 0 Å². The summed E-state index contributed by atoms with van der Waals surface area (Å²) in [4.78, 5) is 9.93. The van der Waals surface area contributed by atoms with E-state index in [0.29, 0.717) is 13.2 Å². The fourth-order valence-corrected chi connectivity index (χ4v) is 4.34. The second-order valence-electron chi connectivity index (χ2n) is 10.5. The normalized spacial score (nSPS) is 13.7. The number of nitrogens with zero attached hydrogens (tertiary/aromatic N) is 1. The molecule has 0 radical (unpaired) electrons. The monoisotopic (exact) mass is 514 g/mol. The van der Waals surface area contributed by atoms with Gasteiger partial charge in [0.1, 0.15) is 31.6 Å². The van der Waals surface area contributed by atoms with Crippen LogP contribution >= 0.6 is 8.60 Å². The average Bonchev–Trinajstić information content (AvgIpc) is 2.82. The van der Waals surface area contributed by atoms with Crippen LogP contribution in [0, 0.1) is 0 Å². The van der Waals surface area contributed by atoms with Gasteiger partial charge in [0.15, 0.2) is 0 Å². The molecule has 0 aliphatic carbocycles. The molecular weight excluding hydrogens is 461 g/mol. The zero-order valence-electron chi connectivity index (χ0n) is 23.2. The molecule has 1 N–H and O–H groups in total. The first kappa shape index (κ1) is 32.3. The van der Waals surface area contributed by atoms with E-state index >= 15 is 0 Å². The standard InChI is InChI=1S/C28H53NO5P/c1-6-7-8-9-10-11-12-13-14-15-16-18-26-19-17-20-27(23-26)32-24-28(31-5)25-34-35(30)33-22-21-29(2,3)4/h17,19-20,23,28,30H,6-16,18,21-22,24-25H2,1-5H3/q+1. The number of unbranched alkanes of at least 4 members (excludes halogenated alkanes) is 10. The van der Waals surface area contributed by atoms with E-state index in [1.165, 1.54) is 76.2 Å². The molecule has 0 aliphatic heterocycles. The summed E-state index contributed by atoms with van der Waals surface area (Å²) < 4.78 is 23.0. The Hall–Kier alpha value is -0.750. The maximum Gasteiger partial charge on any atom is 0.330 e. The molecule has 0 bridgehead atoms. The van der Waals surface area contributed by atoms with Crippen molar-refractivity contribution in [2.45, 2.75) is 90.1 Å². The second-order valence-corrected chi connectivity index (χ2v) is 11.5. The van der Waals surface area contributed by atoms with Crippen LogP contribution in [0.3, 0.4) is 0 Å².